The number of benzene rings is 3. The molecule has 2 aliphatic rings. The maximum Gasteiger partial charge on any atom is 0.294 e. The van der Waals surface area contributed by atoms with E-state index in [-0.39, 0.29) is 26.9 Å². The molecule has 0 unspecified atom stereocenters. The van der Waals surface area contributed by atoms with Gasteiger partial charge in [0.15, 0.2) is 4.90 Å². The third-order valence-corrected chi connectivity index (χ3v) is 6.07. The Morgan fingerprint density at radius 2 is 1.71 bits per heavy atom. The lowest BCUT2D eigenvalue weighted by molar-refractivity contribution is -0.387. The molecule has 3 aromatic rings. The molecule has 0 aliphatic carbocycles. The van der Waals surface area contributed by atoms with E-state index in [1.165, 1.54) is 24.3 Å². The monoisotopic (exact) mass is 424 g/mol. The molecule has 0 atom stereocenters. The first kappa shape index (κ1) is 19.5. The van der Waals surface area contributed by atoms with Crippen LogP contribution in [0.4, 0.5) is 11.4 Å². The molecule has 0 aromatic heterocycles. The van der Waals surface area contributed by atoms with Crippen LogP contribution in [0.25, 0.3) is 10.8 Å². The summed E-state index contributed by atoms with van der Waals surface area (Å²) in [5.74, 6) is -0.166. The minimum absolute atomic E-state index is 0.166. The summed E-state index contributed by atoms with van der Waals surface area (Å²) in [6.07, 6.45) is 0. The Balaban J connectivity index is 0.000000162. The van der Waals surface area contributed by atoms with E-state index in [4.69, 9.17) is 4.55 Å². The van der Waals surface area contributed by atoms with Crippen molar-refractivity contribution >= 4 is 42.3 Å². The number of aromatic hydroxyl groups is 1. The highest BCUT2D eigenvalue weighted by Gasteiger charge is 2.31. The molecule has 3 aromatic carbocycles. The molecule has 28 heavy (non-hydrogen) atoms. The highest BCUT2D eigenvalue weighted by atomic mass is 32.2. The number of hydrogen-bond acceptors (Lipinski definition) is 7. The molecule has 12 heteroatoms. The lowest BCUT2D eigenvalue weighted by Gasteiger charge is -2.14. The Morgan fingerprint density at radius 3 is 2.25 bits per heavy atom. The van der Waals surface area contributed by atoms with E-state index in [2.05, 4.69) is 4.72 Å². The smallest absolute Gasteiger partial charge is 0.294 e. The van der Waals surface area contributed by atoms with Gasteiger partial charge in [0.2, 0.25) is 0 Å². The largest absolute Gasteiger partial charge is 0.507 e. The van der Waals surface area contributed by atoms with E-state index < -0.39 is 25.1 Å². The molecule has 146 valence electrons. The first-order valence-electron chi connectivity index (χ1n) is 7.49. The molecule has 0 radical (unpaired) electrons. The minimum atomic E-state index is -4.28. The zero-order valence-electron chi connectivity index (χ0n) is 13.8. The molecule has 0 spiro atoms. The summed E-state index contributed by atoms with van der Waals surface area (Å²) in [5.41, 5.74) is -0.155. The fourth-order valence-electron chi connectivity index (χ4n) is 2.57. The van der Waals surface area contributed by atoms with Gasteiger partial charge in [0.1, 0.15) is 5.75 Å². The second-order valence-electron chi connectivity index (χ2n) is 5.68. The van der Waals surface area contributed by atoms with Crippen LogP contribution in [-0.2, 0) is 20.1 Å². The number of nitrogens with one attached hydrogen (secondary N) is 1. The van der Waals surface area contributed by atoms with Crippen LogP contribution in [0, 0.1) is 10.1 Å². The van der Waals surface area contributed by atoms with Gasteiger partial charge in [0.05, 0.1) is 15.5 Å². The van der Waals surface area contributed by atoms with Crippen LogP contribution in [0.5, 0.6) is 5.75 Å². The number of nitro benzene ring substituents is 1. The van der Waals surface area contributed by atoms with Gasteiger partial charge in [-0.3, -0.25) is 19.4 Å². The normalized spacial score (nSPS) is 14.0. The Morgan fingerprint density at radius 1 is 1.04 bits per heavy atom. The lowest BCUT2D eigenvalue weighted by Crippen LogP contribution is -2.19. The highest BCUT2D eigenvalue weighted by molar-refractivity contribution is 7.93. The van der Waals surface area contributed by atoms with Gasteiger partial charge in [-0.25, -0.2) is 8.42 Å². The zero-order chi connectivity index (χ0) is 20.7. The van der Waals surface area contributed by atoms with Crippen LogP contribution in [0.2, 0.25) is 0 Å². The third-order valence-electron chi connectivity index (χ3n) is 3.81. The number of rotatable bonds is 2. The summed E-state index contributed by atoms with van der Waals surface area (Å²) in [5, 5.41) is 21.1. The molecular weight excluding hydrogens is 412 g/mol. The molecule has 3 N–H and O–H groups in total. The van der Waals surface area contributed by atoms with Crippen LogP contribution in [0.1, 0.15) is 0 Å². The van der Waals surface area contributed by atoms with Crippen molar-refractivity contribution in [1.82, 2.24) is 0 Å². The second kappa shape index (κ2) is 6.74. The van der Waals surface area contributed by atoms with Gasteiger partial charge < -0.3 is 5.11 Å². The lowest BCUT2D eigenvalue weighted by atomic mass is 10.1. The average molecular weight is 424 g/mol. The third kappa shape index (κ3) is 3.74. The van der Waals surface area contributed by atoms with Crippen molar-refractivity contribution in [1.29, 1.82) is 0 Å². The van der Waals surface area contributed by atoms with Crippen molar-refractivity contribution in [2.75, 3.05) is 4.72 Å². The molecule has 0 saturated carbocycles. The topological polar surface area (TPSA) is 164 Å². The summed E-state index contributed by atoms with van der Waals surface area (Å²) in [6, 6.07) is 13.0. The summed E-state index contributed by atoms with van der Waals surface area (Å²) in [4.78, 5) is 9.11. The number of phenolic OH excluding ortho intramolecular Hbond substituents is 1. The molecule has 0 amide bonds. The van der Waals surface area contributed by atoms with Crippen molar-refractivity contribution in [3.8, 4) is 5.75 Å². The number of sulfonamides is 1. The van der Waals surface area contributed by atoms with Crippen molar-refractivity contribution in [3.05, 3.63) is 64.7 Å². The molecule has 2 heterocycles. The van der Waals surface area contributed by atoms with Crippen molar-refractivity contribution in [2.24, 2.45) is 0 Å². The highest BCUT2D eigenvalue weighted by Crippen LogP contribution is 2.33. The minimum Gasteiger partial charge on any atom is -0.507 e. The van der Waals surface area contributed by atoms with E-state index in [1.807, 2.05) is 0 Å². The van der Waals surface area contributed by atoms with Crippen molar-refractivity contribution in [3.63, 3.8) is 0 Å². The SMILES string of the molecule is O=S(=O)(O)c1cc(O)c2ccccc2c1.O=[N+]([O-])c1cc2ccc1S(=O)(=O)N2. The van der Waals surface area contributed by atoms with Crippen LogP contribution in [0.15, 0.2) is 64.4 Å². The van der Waals surface area contributed by atoms with E-state index in [9.17, 15) is 32.1 Å². The molecule has 0 fully saturated rings. The maximum absolute atomic E-state index is 11.2. The predicted molar refractivity (Wildman–Crippen MR) is 99.3 cm³/mol. The van der Waals surface area contributed by atoms with Gasteiger partial charge in [-0.15, -0.1) is 0 Å². The Kier molecular flexibility index (Phi) is 4.71. The van der Waals surface area contributed by atoms with Crippen LogP contribution in [0.3, 0.4) is 0 Å². The van der Waals surface area contributed by atoms with Gasteiger partial charge in [-0.05, 0) is 23.6 Å². The first-order chi connectivity index (χ1) is 13.0. The van der Waals surface area contributed by atoms with E-state index in [0.717, 1.165) is 6.07 Å². The van der Waals surface area contributed by atoms with Crippen LogP contribution >= 0.6 is 0 Å². The van der Waals surface area contributed by atoms with E-state index in [1.54, 1.807) is 24.3 Å². The zero-order valence-corrected chi connectivity index (χ0v) is 15.4. The second-order valence-corrected chi connectivity index (χ2v) is 8.76. The first-order valence-corrected chi connectivity index (χ1v) is 10.4. The standard InChI is InChI=1S/C10H8O4S.C6H4N2O4S/c11-10-6-8(15(12,13)14)5-7-3-1-2-4-9(7)10;9-8(10)5-3-4-1-2-6(5)13(11,12)7-4/h1-6,11H,(H,12,13,14);1-3,7H. The number of anilines is 1. The summed E-state index contributed by atoms with van der Waals surface area (Å²) >= 11 is 0. The number of nitro groups is 1. The number of nitrogens with zero attached hydrogens (tertiary/aromatic N) is 1. The Hall–Kier alpha value is -3.22. The Bertz CT molecular complexity index is 1320. The summed E-state index contributed by atoms with van der Waals surface area (Å²) in [6.45, 7) is 0. The van der Waals surface area contributed by atoms with Crippen LogP contribution < -0.4 is 4.72 Å². The van der Waals surface area contributed by atoms with Crippen LogP contribution in [-0.4, -0.2) is 31.4 Å². The van der Waals surface area contributed by atoms with Gasteiger partial charge >= 0.3 is 0 Å². The average Bonchev–Trinajstić information content (AvgIpc) is 2.60. The fourth-order valence-corrected chi connectivity index (χ4v) is 4.31. The molecule has 2 aliphatic heterocycles. The molecule has 10 nitrogen and oxygen atoms in total. The van der Waals surface area contributed by atoms with Crippen molar-refractivity contribution < 1.29 is 31.4 Å². The molecule has 2 bridgehead atoms. The quantitative estimate of drug-likeness (QED) is 0.321. The summed E-state index contributed by atoms with van der Waals surface area (Å²) in [7, 11) is -7.96. The number of hydrogen-bond donors (Lipinski definition) is 3. The molecule has 5 rings (SSSR count). The number of fused-ring (bicyclic) bond motifs is 4. The van der Waals surface area contributed by atoms with Gasteiger partial charge in [0.25, 0.3) is 25.8 Å². The van der Waals surface area contributed by atoms with Gasteiger partial charge in [0, 0.05) is 17.5 Å². The summed E-state index contributed by atoms with van der Waals surface area (Å²) < 4.78 is 55.1. The van der Waals surface area contributed by atoms with E-state index in [0.29, 0.717) is 10.8 Å². The van der Waals surface area contributed by atoms with E-state index >= 15 is 0 Å². The van der Waals surface area contributed by atoms with Crippen molar-refractivity contribution in [2.45, 2.75) is 9.79 Å². The molecular formula is C16H12N2O8S2. The molecule has 0 saturated heterocycles. The predicted octanol–water partition coefficient (Wildman–Crippen LogP) is 2.50. The van der Waals surface area contributed by atoms with Gasteiger partial charge in [-0.2, -0.15) is 8.42 Å². The fraction of sp³-hybridized carbons (Fsp3) is 0. The number of phenols is 1. The van der Waals surface area contributed by atoms with Gasteiger partial charge in [-0.1, -0.05) is 24.3 Å². The Labute approximate surface area is 159 Å². The maximum atomic E-state index is 11.2.